The molecule has 0 fully saturated rings. The highest BCUT2D eigenvalue weighted by Crippen LogP contribution is 2.17. The maximum Gasteiger partial charge on any atom is 0.328 e. The number of aliphatic hydroxyl groups excluding tert-OH is 1. The Bertz CT molecular complexity index is 1020. The molecule has 9 heteroatoms. The number of nitrogens with one attached hydrogen (secondary N) is 2. The number of carbonyl (C=O) groups is 4. The van der Waals surface area contributed by atoms with Crippen molar-refractivity contribution < 1.29 is 34.1 Å². The van der Waals surface area contributed by atoms with Crippen molar-refractivity contribution in [3.63, 3.8) is 0 Å². The number of carbonyl (C=O) groups excluding carboxylic acids is 3. The predicted octanol–water partition coefficient (Wildman–Crippen LogP) is 8.20. The molecule has 0 spiro atoms. The minimum atomic E-state index is -1.39. The number of hydrogen-bond acceptors (Lipinski definition) is 6. The van der Waals surface area contributed by atoms with Gasteiger partial charge in [-0.2, -0.15) is 0 Å². The van der Waals surface area contributed by atoms with E-state index < -0.39 is 24.5 Å². The van der Waals surface area contributed by atoms with E-state index in [4.69, 9.17) is 14.9 Å². The van der Waals surface area contributed by atoms with Gasteiger partial charge in [-0.15, -0.1) is 0 Å². The Morgan fingerprint density at radius 3 is 1.71 bits per heavy atom. The second-order valence-electron chi connectivity index (χ2n) is 12.3. The highest BCUT2D eigenvalue weighted by atomic mass is 16.5. The fraction of sp³-hybridized carbons (Fsp3) is 0.650. The summed E-state index contributed by atoms with van der Waals surface area (Å²) < 4.78 is 5.86. The summed E-state index contributed by atoms with van der Waals surface area (Å²) in [6.45, 7) is 3.24. The first-order valence-corrected chi connectivity index (χ1v) is 18.7. The van der Waals surface area contributed by atoms with Gasteiger partial charge in [-0.1, -0.05) is 107 Å². The Morgan fingerprint density at radius 1 is 0.633 bits per heavy atom. The van der Waals surface area contributed by atoms with Crippen molar-refractivity contribution in [2.75, 3.05) is 13.2 Å². The Balaban J connectivity index is 4.13. The van der Waals surface area contributed by atoms with Crippen LogP contribution in [0, 0.1) is 0 Å². The molecule has 0 rings (SSSR count). The van der Waals surface area contributed by atoms with Crippen LogP contribution in [0.3, 0.4) is 0 Å². The van der Waals surface area contributed by atoms with E-state index in [1.807, 2.05) is 0 Å². The van der Waals surface area contributed by atoms with Crippen molar-refractivity contribution >= 4 is 23.8 Å². The zero-order valence-electron chi connectivity index (χ0n) is 30.4. The van der Waals surface area contributed by atoms with Gasteiger partial charge < -0.3 is 25.6 Å². The van der Waals surface area contributed by atoms with E-state index >= 15 is 0 Å². The number of ether oxygens (including phenoxy) is 1. The van der Waals surface area contributed by atoms with Crippen molar-refractivity contribution in [1.29, 1.82) is 0 Å². The molecule has 0 aliphatic carbocycles. The van der Waals surface area contributed by atoms with Crippen LogP contribution in [0.1, 0.15) is 142 Å². The summed E-state index contributed by atoms with van der Waals surface area (Å²) in [5, 5.41) is 22.4. The first-order valence-electron chi connectivity index (χ1n) is 18.7. The molecular weight excluding hydrogens is 620 g/mol. The predicted molar refractivity (Wildman–Crippen MR) is 199 cm³/mol. The summed E-state index contributed by atoms with van der Waals surface area (Å²) in [6.07, 6.45) is 39.9. The lowest BCUT2D eigenvalue weighted by Crippen LogP contribution is -2.47. The van der Waals surface area contributed by atoms with Crippen LogP contribution in [0.2, 0.25) is 0 Å². The summed E-state index contributed by atoms with van der Waals surface area (Å²) in [5.41, 5.74) is 0. The molecular formula is C40H66N2O7. The van der Waals surface area contributed by atoms with Crippen LogP contribution in [-0.2, 0) is 23.9 Å². The van der Waals surface area contributed by atoms with Gasteiger partial charge in [0, 0.05) is 12.8 Å². The molecule has 0 aliphatic heterocycles. The molecule has 0 heterocycles. The van der Waals surface area contributed by atoms with Crippen molar-refractivity contribution in [2.24, 2.45) is 0 Å². The topological polar surface area (TPSA) is 142 Å². The standard InChI is InChI=1S/C40H66N2O7/c1-3-5-7-9-10-11-12-13-14-15-16-17-18-19-20-21-22-23-28-32-39(46)49-35(29-25-8-6-4-2)30-26-24-27-31-37(44)41-33-38(45)42-36(34-43)40(47)48/h5,7,10-11,13-14,16-17,19-20,35-36,43H,3-4,6,8-9,12,15,18,21-34H2,1-2H3,(H,41,44)(H,42,45)(H,47,48)/b7-5-,11-10-,14-13-,17-16-,20-19-. The van der Waals surface area contributed by atoms with Crippen LogP contribution in [-0.4, -0.2) is 59.3 Å². The smallest absolute Gasteiger partial charge is 0.328 e. The van der Waals surface area contributed by atoms with E-state index in [1.165, 1.54) is 6.42 Å². The van der Waals surface area contributed by atoms with Gasteiger partial charge in [-0.05, 0) is 83.5 Å². The van der Waals surface area contributed by atoms with Crippen molar-refractivity contribution in [1.82, 2.24) is 10.6 Å². The first kappa shape index (κ1) is 45.5. The quantitative estimate of drug-likeness (QED) is 0.0318. The van der Waals surface area contributed by atoms with Crippen molar-refractivity contribution in [3.05, 3.63) is 60.8 Å². The number of carboxylic acid groups (broad SMARTS) is 1. The number of carboxylic acids is 1. The number of rotatable bonds is 32. The van der Waals surface area contributed by atoms with Gasteiger partial charge in [0.25, 0.3) is 0 Å². The van der Waals surface area contributed by atoms with Crippen LogP contribution in [0.5, 0.6) is 0 Å². The Morgan fingerprint density at radius 2 is 1.16 bits per heavy atom. The first-order chi connectivity index (χ1) is 23.8. The molecule has 0 radical (unpaired) electrons. The molecule has 2 amide bonds. The third-order valence-electron chi connectivity index (χ3n) is 7.78. The number of amides is 2. The van der Waals surface area contributed by atoms with Gasteiger partial charge in [-0.25, -0.2) is 4.79 Å². The lowest BCUT2D eigenvalue weighted by Gasteiger charge is -2.18. The molecule has 0 saturated carbocycles. The SMILES string of the molecule is CC/C=C\C/C=C\C/C=C\C/C=C\C/C=C\CCCCCC(=O)OC(CCCCCC)CCCCCC(=O)NCC(=O)NC(CO)C(=O)O. The summed E-state index contributed by atoms with van der Waals surface area (Å²) in [4.78, 5) is 47.3. The van der Waals surface area contributed by atoms with Gasteiger partial charge in [0.05, 0.1) is 13.2 Å². The second-order valence-corrected chi connectivity index (χ2v) is 12.3. The van der Waals surface area contributed by atoms with E-state index in [0.29, 0.717) is 12.8 Å². The fourth-order valence-electron chi connectivity index (χ4n) is 4.92. The number of aliphatic hydroxyl groups is 1. The third-order valence-corrected chi connectivity index (χ3v) is 7.78. The van der Waals surface area contributed by atoms with Gasteiger partial charge in [-0.3, -0.25) is 14.4 Å². The Kier molecular flexibility index (Phi) is 32.0. The summed E-state index contributed by atoms with van der Waals surface area (Å²) in [5.74, 6) is -2.44. The summed E-state index contributed by atoms with van der Waals surface area (Å²) in [6, 6.07) is -1.39. The van der Waals surface area contributed by atoms with E-state index in [0.717, 1.165) is 103 Å². The van der Waals surface area contributed by atoms with E-state index in [1.54, 1.807) is 0 Å². The monoisotopic (exact) mass is 686 g/mol. The number of unbranched alkanes of at least 4 members (excludes halogenated alkanes) is 8. The molecule has 0 bridgehead atoms. The minimum Gasteiger partial charge on any atom is -0.480 e. The third kappa shape index (κ3) is 31.6. The molecule has 4 N–H and O–H groups in total. The molecule has 2 unspecified atom stereocenters. The highest BCUT2D eigenvalue weighted by Gasteiger charge is 2.19. The molecule has 2 atom stereocenters. The van der Waals surface area contributed by atoms with Gasteiger partial charge >= 0.3 is 11.9 Å². The zero-order valence-corrected chi connectivity index (χ0v) is 30.4. The maximum atomic E-state index is 12.6. The van der Waals surface area contributed by atoms with E-state index in [9.17, 15) is 19.2 Å². The van der Waals surface area contributed by atoms with Gasteiger partial charge in [0.2, 0.25) is 11.8 Å². The van der Waals surface area contributed by atoms with Crippen LogP contribution >= 0.6 is 0 Å². The molecule has 0 aromatic rings. The highest BCUT2D eigenvalue weighted by molar-refractivity contribution is 5.87. The number of aliphatic carboxylic acids is 1. The molecule has 49 heavy (non-hydrogen) atoms. The van der Waals surface area contributed by atoms with Crippen LogP contribution in [0.25, 0.3) is 0 Å². The van der Waals surface area contributed by atoms with Gasteiger partial charge in [0.1, 0.15) is 12.1 Å². The molecule has 9 nitrogen and oxygen atoms in total. The molecule has 0 aromatic heterocycles. The summed E-state index contributed by atoms with van der Waals surface area (Å²) >= 11 is 0. The molecule has 0 aromatic carbocycles. The zero-order chi connectivity index (χ0) is 36.2. The summed E-state index contributed by atoms with van der Waals surface area (Å²) in [7, 11) is 0. The van der Waals surface area contributed by atoms with Crippen molar-refractivity contribution in [2.45, 2.75) is 154 Å². The minimum absolute atomic E-state index is 0.100. The average molecular weight is 687 g/mol. The second kappa shape index (κ2) is 34.4. The Hall–Kier alpha value is -3.46. The number of allylic oxidation sites excluding steroid dienone is 10. The van der Waals surface area contributed by atoms with Gasteiger partial charge in [0.15, 0.2) is 0 Å². The Labute approximate surface area is 296 Å². The lowest BCUT2D eigenvalue weighted by atomic mass is 10.0. The van der Waals surface area contributed by atoms with Crippen LogP contribution < -0.4 is 10.6 Å². The number of hydrogen-bond donors (Lipinski definition) is 4. The van der Waals surface area contributed by atoms with E-state index in [2.05, 4.69) is 85.2 Å². The maximum absolute atomic E-state index is 12.6. The molecule has 0 saturated heterocycles. The van der Waals surface area contributed by atoms with Crippen LogP contribution in [0.15, 0.2) is 60.8 Å². The van der Waals surface area contributed by atoms with E-state index in [-0.39, 0.29) is 30.9 Å². The normalized spacial score (nSPS) is 13.2. The van der Waals surface area contributed by atoms with Crippen molar-refractivity contribution in [3.8, 4) is 0 Å². The van der Waals surface area contributed by atoms with Crippen LogP contribution in [0.4, 0.5) is 0 Å². The largest absolute Gasteiger partial charge is 0.480 e. The number of esters is 1. The molecule has 278 valence electrons. The average Bonchev–Trinajstić information content (AvgIpc) is 3.08. The fourth-order valence-corrected chi connectivity index (χ4v) is 4.92. The molecule has 0 aliphatic rings. The lowest BCUT2D eigenvalue weighted by molar-refractivity contribution is -0.150.